The minimum atomic E-state index is -2.49. The summed E-state index contributed by atoms with van der Waals surface area (Å²) in [5.74, 6) is -17.5. The third-order valence-corrected chi connectivity index (χ3v) is 7.80. The van der Waals surface area contributed by atoms with Crippen molar-refractivity contribution in [1.82, 2.24) is 20.9 Å². The number of aromatic amines is 1. The maximum absolute atomic E-state index is 14.1. The highest BCUT2D eigenvalue weighted by Crippen LogP contribution is 2.27. The summed E-state index contributed by atoms with van der Waals surface area (Å²) in [4.78, 5) is 67.9. The number of ketones is 1. The molecule has 2 aromatic carbocycles. The molecule has 4 rings (SSSR count). The quantitative estimate of drug-likeness (QED) is 0.0926. The van der Waals surface area contributed by atoms with Gasteiger partial charge in [-0.15, -0.1) is 0 Å². The Balaban J connectivity index is 1.54. The van der Waals surface area contributed by atoms with Gasteiger partial charge < -0.3 is 30.4 Å². The number of esters is 1. The molecule has 0 saturated carbocycles. The predicted octanol–water partition coefficient (Wildman–Crippen LogP) is 3.84. The lowest BCUT2D eigenvalue weighted by molar-refractivity contribution is -0.133. The van der Waals surface area contributed by atoms with Gasteiger partial charge in [-0.3, -0.25) is 19.2 Å². The first-order chi connectivity index (χ1) is 22.7. The van der Waals surface area contributed by atoms with Crippen molar-refractivity contribution in [1.29, 1.82) is 0 Å². The van der Waals surface area contributed by atoms with Crippen LogP contribution in [0.25, 0.3) is 10.9 Å². The number of carbonyl (C=O) groups excluding carboxylic acids is 5. The van der Waals surface area contributed by atoms with E-state index < -0.39 is 88.7 Å². The van der Waals surface area contributed by atoms with E-state index in [-0.39, 0.29) is 24.5 Å². The van der Waals surface area contributed by atoms with E-state index in [9.17, 15) is 45.9 Å². The van der Waals surface area contributed by atoms with Gasteiger partial charge >= 0.3 is 5.97 Å². The summed E-state index contributed by atoms with van der Waals surface area (Å²) in [7, 11) is 1.47. The third-order valence-electron chi connectivity index (χ3n) is 7.80. The summed E-state index contributed by atoms with van der Waals surface area (Å²) in [6.45, 7) is 2.71. The van der Waals surface area contributed by atoms with Crippen molar-refractivity contribution < 1.29 is 55.4 Å². The van der Waals surface area contributed by atoms with Gasteiger partial charge in [0.05, 0.1) is 13.2 Å². The summed E-state index contributed by atoms with van der Waals surface area (Å²) in [5.41, 5.74) is -1.19. The number of piperidine rings is 1. The van der Waals surface area contributed by atoms with Crippen molar-refractivity contribution in [3.05, 3.63) is 64.6 Å². The molecule has 1 aliphatic heterocycles. The predicted molar refractivity (Wildman–Crippen MR) is 159 cm³/mol. The zero-order valence-electron chi connectivity index (χ0n) is 26.1. The minimum absolute atomic E-state index is 0.112. The first-order valence-electron chi connectivity index (χ1n) is 15.0. The molecule has 3 amide bonds. The number of amides is 3. The van der Waals surface area contributed by atoms with Crippen molar-refractivity contribution in [2.75, 3.05) is 20.3 Å². The lowest BCUT2D eigenvalue weighted by Crippen LogP contribution is -2.54. The van der Waals surface area contributed by atoms with Crippen molar-refractivity contribution in [3.8, 4) is 5.75 Å². The zero-order chi connectivity index (χ0) is 35.3. The van der Waals surface area contributed by atoms with Crippen LogP contribution in [0.2, 0.25) is 0 Å². The number of rotatable bonds is 13. The smallest absolute Gasteiger partial charge is 0.344 e. The van der Waals surface area contributed by atoms with Gasteiger partial charge in [-0.25, -0.2) is 26.7 Å². The maximum atomic E-state index is 14.1. The number of benzene rings is 2. The van der Waals surface area contributed by atoms with Gasteiger partial charge in [-0.2, -0.15) is 0 Å². The van der Waals surface area contributed by atoms with E-state index in [1.807, 2.05) is 0 Å². The van der Waals surface area contributed by atoms with E-state index in [1.54, 1.807) is 38.1 Å². The number of nitrogens with one attached hydrogen (secondary N) is 4. The van der Waals surface area contributed by atoms with E-state index in [0.717, 1.165) is 0 Å². The molecule has 16 heteroatoms. The molecular weight excluding hydrogens is 647 g/mol. The zero-order valence-corrected chi connectivity index (χ0v) is 26.1. The van der Waals surface area contributed by atoms with Gasteiger partial charge in [0.1, 0.15) is 23.0 Å². The summed E-state index contributed by atoms with van der Waals surface area (Å²) in [5, 5.41) is 8.37. The highest BCUT2D eigenvalue weighted by Gasteiger charge is 2.35. The van der Waals surface area contributed by atoms with Crippen molar-refractivity contribution >= 4 is 40.4 Å². The standard InChI is InChI=1S/C32H33F5N4O7/c1-14(2)10-19(41-31(45)20-12-16-17(39-20)7-4-8-22(16)47-3)30(44)40-18(11-15-6-5-9-38-29(15)43)21(42)13-48-32(46)23-24(33)26(35)28(37)27(36)25(23)34/h4,7-8,12,14-15,18-19,39H,5-6,9-11,13H2,1-3H3,(H,38,43)(H,40,44)(H,41,45)/t15-,18-,19-/m0/s1. The maximum Gasteiger partial charge on any atom is 0.344 e. The number of ether oxygens (including phenoxy) is 2. The number of hydrogen-bond acceptors (Lipinski definition) is 7. The Labute approximate surface area is 270 Å². The monoisotopic (exact) mass is 680 g/mol. The van der Waals surface area contributed by atoms with E-state index >= 15 is 0 Å². The van der Waals surface area contributed by atoms with Gasteiger partial charge in [0, 0.05) is 23.4 Å². The van der Waals surface area contributed by atoms with Crippen LogP contribution in [0.15, 0.2) is 24.3 Å². The Bertz CT molecular complexity index is 1720. The summed E-state index contributed by atoms with van der Waals surface area (Å²) < 4.78 is 78.9. The van der Waals surface area contributed by atoms with Crippen molar-refractivity contribution in [2.45, 2.75) is 51.6 Å². The number of methoxy groups -OCH3 is 1. The first kappa shape index (κ1) is 35.8. The van der Waals surface area contributed by atoms with Crippen molar-refractivity contribution in [2.24, 2.45) is 11.8 Å². The van der Waals surface area contributed by atoms with Crippen LogP contribution in [0.5, 0.6) is 5.75 Å². The van der Waals surface area contributed by atoms with E-state index in [2.05, 4.69) is 25.7 Å². The van der Waals surface area contributed by atoms with Crippen LogP contribution in [0.3, 0.4) is 0 Å². The summed E-state index contributed by atoms with van der Waals surface area (Å²) in [6.07, 6.45) is 0.732. The fourth-order valence-electron chi connectivity index (χ4n) is 5.35. The largest absolute Gasteiger partial charge is 0.496 e. The van der Waals surface area contributed by atoms with E-state index in [4.69, 9.17) is 4.74 Å². The fourth-order valence-corrected chi connectivity index (χ4v) is 5.35. The molecule has 0 bridgehead atoms. The van der Waals surface area contributed by atoms with Gasteiger partial charge in [0.2, 0.25) is 17.6 Å². The molecule has 11 nitrogen and oxygen atoms in total. The van der Waals surface area contributed by atoms with Gasteiger partial charge in [0.15, 0.2) is 35.7 Å². The minimum Gasteiger partial charge on any atom is -0.496 e. The van der Waals surface area contributed by atoms with E-state index in [0.29, 0.717) is 36.0 Å². The SMILES string of the molecule is COc1cccc2[nH]c(C(=O)N[C@@H](CC(C)C)C(=O)N[C@@H](C[C@@H]3CCCNC3=O)C(=O)COC(=O)c3c(F)c(F)c(F)c(F)c3F)cc12. The molecule has 1 fully saturated rings. The number of fused-ring (bicyclic) bond motifs is 1. The number of H-pyrrole nitrogens is 1. The Hall–Kier alpha value is -5.02. The van der Waals surface area contributed by atoms with Crippen LogP contribution in [0.1, 0.15) is 60.4 Å². The van der Waals surface area contributed by atoms with Crippen LogP contribution in [0, 0.1) is 40.9 Å². The Kier molecular flexibility index (Phi) is 11.4. The molecule has 2 heterocycles. The fraction of sp³-hybridized carbons (Fsp3) is 0.406. The second kappa shape index (κ2) is 15.3. The molecule has 0 aliphatic carbocycles. The Morgan fingerprint density at radius 1 is 0.958 bits per heavy atom. The van der Waals surface area contributed by atoms with Gasteiger partial charge in [-0.1, -0.05) is 19.9 Å². The molecule has 1 aliphatic rings. The number of halogens is 5. The Morgan fingerprint density at radius 2 is 1.62 bits per heavy atom. The van der Waals surface area contributed by atoms with Crippen LogP contribution in [-0.4, -0.2) is 66.8 Å². The highest BCUT2D eigenvalue weighted by molar-refractivity contribution is 6.02. The number of hydrogen-bond donors (Lipinski definition) is 4. The molecule has 3 aromatic rings. The summed E-state index contributed by atoms with van der Waals surface area (Å²) >= 11 is 0. The molecule has 1 saturated heterocycles. The Morgan fingerprint density at radius 3 is 2.25 bits per heavy atom. The molecule has 48 heavy (non-hydrogen) atoms. The van der Waals surface area contributed by atoms with Crippen molar-refractivity contribution in [3.63, 3.8) is 0 Å². The van der Waals surface area contributed by atoms with Gasteiger partial charge in [0.25, 0.3) is 5.91 Å². The van der Waals surface area contributed by atoms with Gasteiger partial charge in [-0.05, 0) is 49.8 Å². The number of Topliss-reactive ketones (excluding diaryl/α,β-unsaturated/α-hetero) is 1. The average Bonchev–Trinajstić information content (AvgIpc) is 3.50. The van der Waals surface area contributed by atoms with Crippen LogP contribution in [-0.2, 0) is 19.1 Å². The topological polar surface area (TPSA) is 156 Å². The molecule has 4 N–H and O–H groups in total. The third kappa shape index (κ3) is 7.91. The molecular formula is C32H33F5N4O7. The molecule has 0 radical (unpaired) electrons. The molecule has 1 aromatic heterocycles. The summed E-state index contributed by atoms with van der Waals surface area (Å²) in [6, 6.07) is 3.98. The first-order valence-corrected chi connectivity index (χ1v) is 15.0. The highest BCUT2D eigenvalue weighted by atomic mass is 19.2. The molecule has 258 valence electrons. The second-order valence-electron chi connectivity index (χ2n) is 11.7. The van der Waals surface area contributed by atoms with E-state index in [1.165, 1.54) is 7.11 Å². The number of aromatic nitrogens is 1. The molecule has 0 unspecified atom stereocenters. The lowest BCUT2D eigenvalue weighted by atomic mass is 9.90. The van der Waals surface area contributed by atoms with Crippen LogP contribution >= 0.6 is 0 Å². The lowest BCUT2D eigenvalue weighted by Gasteiger charge is -2.28. The molecule has 3 atom stereocenters. The second-order valence-corrected chi connectivity index (χ2v) is 11.7. The molecule has 0 spiro atoms. The van der Waals surface area contributed by atoms with Crippen LogP contribution in [0.4, 0.5) is 22.0 Å². The number of carbonyl (C=O) groups is 5. The average molecular weight is 681 g/mol. The normalized spacial score (nSPS) is 15.9. The van der Waals surface area contributed by atoms with Crippen LogP contribution < -0.4 is 20.7 Å².